The highest BCUT2D eigenvalue weighted by molar-refractivity contribution is 5.55. The van der Waals surface area contributed by atoms with Crippen molar-refractivity contribution in [3.63, 3.8) is 0 Å². The summed E-state index contributed by atoms with van der Waals surface area (Å²) in [6.45, 7) is 9.36. The molecule has 0 N–H and O–H groups in total. The molecule has 0 saturated carbocycles. The van der Waals surface area contributed by atoms with Crippen LogP contribution in [0.2, 0.25) is 0 Å². The maximum absolute atomic E-state index is 5.45. The number of methoxy groups -OCH3 is 1. The molecule has 9 heteroatoms. The van der Waals surface area contributed by atoms with Crippen molar-refractivity contribution in [2.24, 2.45) is 5.92 Å². The predicted octanol–water partition coefficient (Wildman–Crippen LogP) is 2.64. The van der Waals surface area contributed by atoms with Crippen LogP contribution in [0.3, 0.4) is 0 Å². The zero-order valence-electron chi connectivity index (χ0n) is 17.7. The molecule has 4 rings (SSSR count). The number of rotatable bonds is 8. The van der Waals surface area contributed by atoms with Gasteiger partial charge in [-0.05, 0) is 30.2 Å². The molecule has 0 unspecified atom stereocenters. The Morgan fingerprint density at radius 1 is 0.900 bits per heavy atom. The van der Waals surface area contributed by atoms with Gasteiger partial charge in [0.1, 0.15) is 5.75 Å². The van der Waals surface area contributed by atoms with Crippen LogP contribution in [-0.4, -0.2) is 63.4 Å². The van der Waals surface area contributed by atoms with E-state index >= 15 is 0 Å². The van der Waals surface area contributed by atoms with Gasteiger partial charge in [-0.25, -0.2) is 0 Å². The van der Waals surface area contributed by atoms with E-state index in [1.54, 1.807) is 7.11 Å². The molecule has 1 aliphatic rings. The molecule has 3 heterocycles. The molecule has 0 aliphatic carbocycles. The summed E-state index contributed by atoms with van der Waals surface area (Å²) in [6.07, 6.45) is 0.847. The number of benzene rings is 1. The zero-order chi connectivity index (χ0) is 20.9. The van der Waals surface area contributed by atoms with Crippen molar-refractivity contribution in [2.75, 3.05) is 33.3 Å². The third-order valence-electron chi connectivity index (χ3n) is 5.10. The van der Waals surface area contributed by atoms with Crippen molar-refractivity contribution in [1.29, 1.82) is 0 Å². The Morgan fingerprint density at radius 3 is 2.10 bits per heavy atom. The van der Waals surface area contributed by atoms with Crippen LogP contribution >= 0.6 is 0 Å². The van der Waals surface area contributed by atoms with Gasteiger partial charge in [0.05, 0.1) is 20.2 Å². The number of ether oxygens (including phenoxy) is 1. The Bertz CT molecular complexity index is 928. The fraction of sp³-hybridized carbons (Fsp3) is 0.524. The number of piperazine rings is 1. The van der Waals surface area contributed by atoms with Gasteiger partial charge in [-0.2, -0.15) is 9.97 Å². The summed E-state index contributed by atoms with van der Waals surface area (Å²) in [5.41, 5.74) is 0.909. The lowest BCUT2D eigenvalue weighted by molar-refractivity contribution is 0.103. The molecule has 0 spiro atoms. The van der Waals surface area contributed by atoms with Crippen LogP contribution in [0, 0.1) is 5.92 Å². The Labute approximate surface area is 176 Å². The first-order valence-electron chi connectivity index (χ1n) is 10.3. The molecule has 2 aromatic heterocycles. The first-order valence-corrected chi connectivity index (χ1v) is 10.3. The molecule has 0 atom stereocenters. The van der Waals surface area contributed by atoms with Crippen LogP contribution in [0.25, 0.3) is 11.4 Å². The molecule has 1 aromatic carbocycles. The Kier molecular flexibility index (Phi) is 6.39. The number of nitrogens with zero attached hydrogens (tertiary/aromatic N) is 6. The molecule has 160 valence electrons. The van der Waals surface area contributed by atoms with Crippen molar-refractivity contribution in [2.45, 2.75) is 33.4 Å². The minimum atomic E-state index is 0.522. The molecule has 3 aromatic rings. The number of aromatic nitrogens is 4. The molecule has 30 heavy (non-hydrogen) atoms. The SMILES string of the molecule is COc1ccc(-c2noc(CN3CCN(Cc4nc(CC(C)C)no4)CC3)n2)cc1. The van der Waals surface area contributed by atoms with E-state index in [9.17, 15) is 0 Å². The van der Waals surface area contributed by atoms with E-state index < -0.39 is 0 Å². The standard InChI is InChI=1S/C21H28N6O3/c1-15(2)12-18-22-19(29-24-18)13-26-8-10-27(11-9-26)14-20-23-21(25-30-20)16-4-6-17(28-3)7-5-16/h4-7,15H,8-14H2,1-3H3. The molecule has 0 radical (unpaired) electrons. The summed E-state index contributed by atoms with van der Waals surface area (Å²) in [4.78, 5) is 13.7. The van der Waals surface area contributed by atoms with Crippen molar-refractivity contribution >= 4 is 0 Å². The summed E-state index contributed by atoms with van der Waals surface area (Å²) in [5, 5.41) is 8.18. The molecule has 9 nitrogen and oxygen atoms in total. The number of hydrogen-bond donors (Lipinski definition) is 0. The van der Waals surface area contributed by atoms with Crippen molar-refractivity contribution < 1.29 is 13.8 Å². The van der Waals surface area contributed by atoms with Crippen LogP contribution in [0.1, 0.15) is 31.5 Å². The second kappa shape index (κ2) is 9.36. The zero-order valence-corrected chi connectivity index (χ0v) is 17.7. The normalized spacial score (nSPS) is 15.7. The average Bonchev–Trinajstić information content (AvgIpc) is 3.39. The van der Waals surface area contributed by atoms with Gasteiger partial charge in [0.15, 0.2) is 5.82 Å². The van der Waals surface area contributed by atoms with E-state index in [2.05, 4.69) is 43.9 Å². The third kappa shape index (κ3) is 5.22. The van der Waals surface area contributed by atoms with E-state index in [1.165, 1.54) is 0 Å². The molecule has 0 amide bonds. The maximum atomic E-state index is 5.45. The molecule has 1 fully saturated rings. The minimum absolute atomic E-state index is 0.522. The van der Waals surface area contributed by atoms with E-state index in [0.717, 1.165) is 49.7 Å². The summed E-state index contributed by atoms with van der Waals surface area (Å²) in [5.74, 6) is 4.04. The summed E-state index contributed by atoms with van der Waals surface area (Å²) >= 11 is 0. The molecule has 0 bridgehead atoms. The monoisotopic (exact) mass is 412 g/mol. The summed E-state index contributed by atoms with van der Waals surface area (Å²) in [6, 6.07) is 7.63. The Balaban J connectivity index is 1.26. The Morgan fingerprint density at radius 2 is 1.50 bits per heavy atom. The Hall–Kier alpha value is -2.78. The first-order chi connectivity index (χ1) is 14.6. The van der Waals surface area contributed by atoms with Crippen molar-refractivity contribution in [3.05, 3.63) is 41.9 Å². The second-order valence-corrected chi connectivity index (χ2v) is 7.99. The minimum Gasteiger partial charge on any atom is -0.497 e. The second-order valence-electron chi connectivity index (χ2n) is 7.99. The van der Waals surface area contributed by atoms with Crippen LogP contribution < -0.4 is 4.74 Å². The van der Waals surface area contributed by atoms with Gasteiger partial charge >= 0.3 is 0 Å². The third-order valence-corrected chi connectivity index (χ3v) is 5.10. The van der Waals surface area contributed by atoms with Crippen LogP contribution in [0.4, 0.5) is 0 Å². The lowest BCUT2D eigenvalue weighted by Gasteiger charge is -2.32. The van der Waals surface area contributed by atoms with Crippen LogP contribution in [-0.2, 0) is 19.5 Å². The lowest BCUT2D eigenvalue weighted by Crippen LogP contribution is -2.45. The summed E-state index contributed by atoms with van der Waals surface area (Å²) in [7, 11) is 1.65. The highest BCUT2D eigenvalue weighted by atomic mass is 16.5. The molecular weight excluding hydrogens is 384 g/mol. The van der Waals surface area contributed by atoms with Gasteiger partial charge in [0.2, 0.25) is 17.6 Å². The molecular formula is C21H28N6O3. The van der Waals surface area contributed by atoms with Gasteiger partial charge in [0, 0.05) is 38.2 Å². The molecule has 1 aliphatic heterocycles. The highest BCUT2D eigenvalue weighted by Gasteiger charge is 2.21. The first kappa shape index (κ1) is 20.5. The van der Waals surface area contributed by atoms with Gasteiger partial charge in [0.25, 0.3) is 0 Å². The van der Waals surface area contributed by atoms with Gasteiger partial charge in [-0.15, -0.1) is 0 Å². The highest BCUT2D eigenvalue weighted by Crippen LogP contribution is 2.20. The average molecular weight is 412 g/mol. The fourth-order valence-corrected chi connectivity index (χ4v) is 3.47. The van der Waals surface area contributed by atoms with Crippen molar-refractivity contribution in [3.8, 4) is 17.1 Å². The van der Waals surface area contributed by atoms with E-state index in [4.69, 9.17) is 13.8 Å². The topological polar surface area (TPSA) is 93.6 Å². The van der Waals surface area contributed by atoms with Crippen LogP contribution in [0.15, 0.2) is 33.3 Å². The van der Waals surface area contributed by atoms with Gasteiger partial charge in [-0.1, -0.05) is 24.2 Å². The lowest BCUT2D eigenvalue weighted by atomic mass is 10.1. The largest absolute Gasteiger partial charge is 0.497 e. The quantitative estimate of drug-likeness (QED) is 0.553. The number of hydrogen-bond acceptors (Lipinski definition) is 9. The van der Waals surface area contributed by atoms with Crippen LogP contribution in [0.5, 0.6) is 5.75 Å². The smallest absolute Gasteiger partial charge is 0.241 e. The van der Waals surface area contributed by atoms with E-state index in [0.29, 0.717) is 36.6 Å². The van der Waals surface area contributed by atoms with Gasteiger partial charge < -0.3 is 13.8 Å². The summed E-state index contributed by atoms with van der Waals surface area (Å²) < 4.78 is 16.0. The van der Waals surface area contributed by atoms with Gasteiger partial charge in [-0.3, -0.25) is 9.80 Å². The van der Waals surface area contributed by atoms with E-state index in [-0.39, 0.29) is 0 Å². The maximum Gasteiger partial charge on any atom is 0.241 e. The molecule has 1 saturated heterocycles. The van der Waals surface area contributed by atoms with Crippen molar-refractivity contribution in [1.82, 2.24) is 30.1 Å². The fourth-order valence-electron chi connectivity index (χ4n) is 3.47. The van der Waals surface area contributed by atoms with E-state index in [1.807, 2.05) is 24.3 Å². The predicted molar refractivity (Wildman–Crippen MR) is 110 cm³/mol.